The first kappa shape index (κ1) is 20.7. The molecule has 0 fully saturated rings. The molecule has 0 aliphatic rings. The Hall–Kier alpha value is -2.53. The van der Waals surface area contributed by atoms with E-state index in [1.54, 1.807) is 0 Å². The van der Waals surface area contributed by atoms with Crippen LogP contribution in [0.4, 0.5) is 5.69 Å². The highest BCUT2D eigenvalue weighted by Crippen LogP contribution is 2.32. The van der Waals surface area contributed by atoms with E-state index in [4.69, 9.17) is 33.9 Å². The second-order valence-corrected chi connectivity index (χ2v) is 8.53. The predicted molar refractivity (Wildman–Crippen MR) is 126 cm³/mol. The number of rotatable bonds is 6. The fraction of sp³-hybridized carbons (Fsp3) is 0.208. The lowest BCUT2D eigenvalue weighted by Crippen LogP contribution is -2.30. The average molecular weight is 439 g/mol. The molecule has 4 nitrogen and oxygen atoms in total. The molecule has 0 saturated heterocycles. The van der Waals surface area contributed by atoms with Crippen molar-refractivity contribution in [1.29, 1.82) is 0 Å². The number of pyridine rings is 1. The van der Waals surface area contributed by atoms with Crippen molar-refractivity contribution in [3.63, 3.8) is 0 Å². The summed E-state index contributed by atoms with van der Waals surface area (Å²) < 4.78 is 2.08. The van der Waals surface area contributed by atoms with Gasteiger partial charge >= 0.3 is 0 Å². The fourth-order valence-corrected chi connectivity index (χ4v) is 3.86. The molecule has 6 heteroatoms. The van der Waals surface area contributed by atoms with E-state index in [0.717, 1.165) is 29.1 Å². The van der Waals surface area contributed by atoms with Crippen molar-refractivity contribution in [2.45, 2.75) is 33.0 Å². The summed E-state index contributed by atoms with van der Waals surface area (Å²) in [5.41, 5.74) is 11.8. The summed E-state index contributed by atoms with van der Waals surface area (Å²) in [7, 11) is 0. The van der Waals surface area contributed by atoms with Gasteiger partial charge in [-0.2, -0.15) is 0 Å². The second kappa shape index (κ2) is 8.68. The first-order valence-electron chi connectivity index (χ1n) is 9.92. The molecule has 0 aliphatic heterocycles. The van der Waals surface area contributed by atoms with Gasteiger partial charge in [-0.25, -0.2) is 4.98 Å². The molecule has 2 N–H and O–H groups in total. The summed E-state index contributed by atoms with van der Waals surface area (Å²) in [6.45, 7) is 5.97. The zero-order valence-electron chi connectivity index (χ0n) is 17.0. The molecule has 0 bridgehead atoms. The van der Waals surface area contributed by atoms with E-state index in [1.807, 2.05) is 42.6 Å². The van der Waals surface area contributed by atoms with Crippen LogP contribution in [0.3, 0.4) is 0 Å². The van der Waals surface area contributed by atoms with Crippen LogP contribution < -0.4 is 5.73 Å². The van der Waals surface area contributed by atoms with E-state index < -0.39 is 0 Å². The van der Waals surface area contributed by atoms with E-state index >= 15 is 0 Å². The zero-order chi connectivity index (χ0) is 21.3. The molecular formula is C24H24Cl2N4. The van der Waals surface area contributed by atoms with Crippen molar-refractivity contribution < 1.29 is 0 Å². The molecule has 4 rings (SSSR count). The van der Waals surface area contributed by atoms with Crippen molar-refractivity contribution >= 4 is 34.5 Å². The van der Waals surface area contributed by atoms with E-state index in [9.17, 15) is 0 Å². The predicted octanol–water partition coefficient (Wildman–Crippen LogP) is 6.30. The highest BCUT2D eigenvalue weighted by atomic mass is 35.5. The van der Waals surface area contributed by atoms with E-state index in [-0.39, 0.29) is 0 Å². The Labute approximate surface area is 186 Å². The van der Waals surface area contributed by atoms with Gasteiger partial charge in [0.1, 0.15) is 5.65 Å². The van der Waals surface area contributed by atoms with E-state index in [1.165, 1.54) is 5.56 Å². The number of imidazole rings is 1. The van der Waals surface area contributed by atoms with Gasteiger partial charge in [0.05, 0.1) is 21.4 Å². The normalized spacial score (nSPS) is 11.7. The summed E-state index contributed by atoms with van der Waals surface area (Å²) in [6, 6.07) is 20.3. The molecular weight excluding hydrogens is 415 g/mol. The Morgan fingerprint density at radius 3 is 2.43 bits per heavy atom. The third-order valence-corrected chi connectivity index (χ3v) is 5.98. The van der Waals surface area contributed by atoms with Crippen LogP contribution in [0.25, 0.3) is 16.9 Å². The lowest BCUT2D eigenvalue weighted by atomic mass is 10.1. The highest BCUT2D eigenvalue weighted by molar-refractivity contribution is 6.42. The number of nitrogen functional groups attached to an aromatic ring is 1. The molecule has 2 aromatic heterocycles. The highest BCUT2D eigenvalue weighted by Gasteiger charge is 2.20. The van der Waals surface area contributed by atoms with Crippen LogP contribution in [0.2, 0.25) is 10.0 Å². The molecule has 154 valence electrons. The minimum atomic E-state index is 0.346. The molecule has 2 aromatic carbocycles. The van der Waals surface area contributed by atoms with Crippen molar-refractivity contribution in [1.82, 2.24) is 14.3 Å². The van der Waals surface area contributed by atoms with Crippen molar-refractivity contribution in [2.24, 2.45) is 0 Å². The summed E-state index contributed by atoms with van der Waals surface area (Å²) in [5.74, 6) is 0. The average Bonchev–Trinajstić information content (AvgIpc) is 3.08. The Balaban J connectivity index is 1.80. The number of hydrogen-bond donors (Lipinski definition) is 1. The van der Waals surface area contributed by atoms with Gasteiger partial charge in [-0.3, -0.25) is 4.90 Å². The van der Waals surface area contributed by atoms with Gasteiger partial charge in [0, 0.05) is 36.6 Å². The van der Waals surface area contributed by atoms with Gasteiger partial charge in [0.25, 0.3) is 0 Å². The topological polar surface area (TPSA) is 46.6 Å². The van der Waals surface area contributed by atoms with Gasteiger partial charge in [0.2, 0.25) is 0 Å². The Kier molecular flexibility index (Phi) is 6.00. The van der Waals surface area contributed by atoms with Gasteiger partial charge in [-0.1, -0.05) is 59.6 Å². The van der Waals surface area contributed by atoms with E-state index in [0.29, 0.717) is 28.3 Å². The molecule has 2 heterocycles. The summed E-state index contributed by atoms with van der Waals surface area (Å²) in [4.78, 5) is 7.31. The minimum absolute atomic E-state index is 0.346. The summed E-state index contributed by atoms with van der Waals surface area (Å²) >= 11 is 12.4. The van der Waals surface area contributed by atoms with Gasteiger partial charge in [0.15, 0.2) is 0 Å². The monoisotopic (exact) mass is 438 g/mol. The Bertz CT molecular complexity index is 1170. The molecule has 0 saturated carbocycles. The molecule has 0 unspecified atom stereocenters. The molecule has 4 aromatic rings. The molecule has 0 atom stereocenters. The SMILES string of the molecule is CC(C)N(Cc1ccccc1)Cc1c(-c2ccc(Cl)c(Cl)c2)nc2ccc(N)cn12. The first-order chi connectivity index (χ1) is 14.4. The largest absolute Gasteiger partial charge is 0.398 e. The Morgan fingerprint density at radius 1 is 0.967 bits per heavy atom. The smallest absolute Gasteiger partial charge is 0.137 e. The number of benzene rings is 2. The van der Waals surface area contributed by atoms with Crippen molar-refractivity contribution in [3.8, 4) is 11.3 Å². The second-order valence-electron chi connectivity index (χ2n) is 7.71. The van der Waals surface area contributed by atoms with Crippen LogP contribution in [-0.2, 0) is 13.1 Å². The molecule has 0 amide bonds. The molecule has 30 heavy (non-hydrogen) atoms. The number of anilines is 1. The maximum atomic E-state index is 6.31. The summed E-state index contributed by atoms with van der Waals surface area (Å²) in [6.07, 6.45) is 1.93. The van der Waals surface area contributed by atoms with Crippen LogP contribution >= 0.6 is 23.2 Å². The van der Waals surface area contributed by atoms with Crippen LogP contribution in [0.5, 0.6) is 0 Å². The van der Waals surface area contributed by atoms with Gasteiger partial charge < -0.3 is 10.1 Å². The quantitative estimate of drug-likeness (QED) is 0.384. The lowest BCUT2D eigenvalue weighted by Gasteiger charge is -2.27. The van der Waals surface area contributed by atoms with Crippen molar-refractivity contribution in [2.75, 3.05) is 5.73 Å². The molecule has 0 spiro atoms. The number of nitrogens with two attached hydrogens (primary N) is 1. The van der Waals surface area contributed by atoms with Crippen LogP contribution in [0, 0.1) is 0 Å². The Morgan fingerprint density at radius 2 is 1.73 bits per heavy atom. The lowest BCUT2D eigenvalue weighted by molar-refractivity contribution is 0.201. The summed E-state index contributed by atoms with van der Waals surface area (Å²) in [5, 5.41) is 1.05. The van der Waals surface area contributed by atoms with Gasteiger partial charge in [-0.15, -0.1) is 0 Å². The maximum Gasteiger partial charge on any atom is 0.137 e. The molecule has 0 radical (unpaired) electrons. The first-order valence-corrected chi connectivity index (χ1v) is 10.7. The van der Waals surface area contributed by atoms with Gasteiger partial charge in [-0.05, 0) is 43.7 Å². The number of aromatic nitrogens is 2. The zero-order valence-corrected chi connectivity index (χ0v) is 18.5. The van der Waals surface area contributed by atoms with Crippen LogP contribution in [0.15, 0.2) is 66.9 Å². The van der Waals surface area contributed by atoms with Crippen LogP contribution in [-0.4, -0.2) is 20.3 Å². The number of hydrogen-bond acceptors (Lipinski definition) is 3. The van der Waals surface area contributed by atoms with E-state index in [2.05, 4.69) is 47.4 Å². The number of halogens is 2. The van der Waals surface area contributed by atoms with Crippen molar-refractivity contribution in [3.05, 3.63) is 88.2 Å². The maximum absolute atomic E-state index is 6.31. The third-order valence-electron chi connectivity index (χ3n) is 5.25. The molecule has 0 aliphatic carbocycles. The third kappa shape index (κ3) is 4.31. The fourth-order valence-electron chi connectivity index (χ4n) is 3.57. The van der Waals surface area contributed by atoms with Crippen LogP contribution in [0.1, 0.15) is 25.1 Å². The standard InChI is InChI=1S/C24H24Cl2N4/c1-16(2)29(13-17-6-4-3-5-7-17)15-22-24(18-8-10-20(25)21(26)12-18)28-23-11-9-19(27)14-30(22)23/h3-12,14,16H,13,15,27H2,1-2H3. The minimum Gasteiger partial charge on any atom is -0.398 e. The number of nitrogens with zero attached hydrogens (tertiary/aromatic N) is 3. The number of fused-ring (bicyclic) bond motifs is 1.